The van der Waals surface area contributed by atoms with E-state index >= 15 is 0 Å². The molecule has 136 valence electrons. The SMILES string of the molecule is CN=C(NCc1cccc(C#N)c1)N1CCSC2(CCCCC2)C1.I. The van der Waals surface area contributed by atoms with E-state index in [-0.39, 0.29) is 24.0 Å². The van der Waals surface area contributed by atoms with Crippen molar-refractivity contribution < 1.29 is 0 Å². The summed E-state index contributed by atoms with van der Waals surface area (Å²) < 4.78 is 0.439. The molecular weight excluding hydrogens is 443 g/mol. The molecule has 0 amide bonds. The van der Waals surface area contributed by atoms with Gasteiger partial charge >= 0.3 is 0 Å². The van der Waals surface area contributed by atoms with Crippen molar-refractivity contribution in [2.75, 3.05) is 25.9 Å². The highest BCUT2D eigenvalue weighted by molar-refractivity contribution is 14.0. The molecule has 0 bridgehead atoms. The zero-order chi connectivity index (χ0) is 16.8. The second-order valence-corrected chi connectivity index (χ2v) is 8.29. The molecule has 1 N–H and O–H groups in total. The van der Waals surface area contributed by atoms with Crippen molar-refractivity contribution in [3.05, 3.63) is 35.4 Å². The molecule has 25 heavy (non-hydrogen) atoms. The molecular formula is C19H27IN4S. The van der Waals surface area contributed by atoms with Crippen molar-refractivity contribution >= 4 is 41.7 Å². The van der Waals surface area contributed by atoms with Crippen LogP contribution < -0.4 is 5.32 Å². The van der Waals surface area contributed by atoms with Crippen LogP contribution in [0.3, 0.4) is 0 Å². The normalized spacial score (nSPS) is 19.8. The first-order valence-electron chi connectivity index (χ1n) is 8.83. The molecule has 2 fully saturated rings. The molecule has 2 aliphatic rings. The Bertz CT molecular complexity index is 629. The predicted octanol–water partition coefficient (Wildman–Crippen LogP) is 4.00. The molecule has 1 aromatic rings. The maximum atomic E-state index is 9.03. The van der Waals surface area contributed by atoms with Crippen molar-refractivity contribution in [3.8, 4) is 6.07 Å². The van der Waals surface area contributed by atoms with E-state index in [9.17, 15) is 0 Å². The third-order valence-electron chi connectivity index (χ3n) is 5.03. The predicted molar refractivity (Wildman–Crippen MR) is 117 cm³/mol. The van der Waals surface area contributed by atoms with Crippen LogP contribution in [0.25, 0.3) is 0 Å². The Labute approximate surface area is 172 Å². The third-order valence-corrected chi connectivity index (χ3v) is 6.57. The number of halogens is 1. The van der Waals surface area contributed by atoms with Crippen LogP contribution in [-0.2, 0) is 6.54 Å². The Balaban J connectivity index is 0.00000225. The topological polar surface area (TPSA) is 51.4 Å². The van der Waals surface area contributed by atoms with Gasteiger partial charge in [0.15, 0.2) is 5.96 Å². The van der Waals surface area contributed by atoms with Crippen LogP contribution in [0.1, 0.15) is 43.2 Å². The fourth-order valence-electron chi connectivity index (χ4n) is 3.79. The number of hydrogen-bond donors (Lipinski definition) is 1. The zero-order valence-electron chi connectivity index (χ0n) is 14.8. The largest absolute Gasteiger partial charge is 0.352 e. The summed E-state index contributed by atoms with van der Waals surface area (Å²) >= 11 is 2.18. The summed E-state index contributed by atoms with van der Waals surface area (Å²) in [6, 6.07) is 9.97. The Morgan fingerprint density at radius 3 is 2.88 bits per heavy atom. The summed E-state index contributed by atoms with van der Waals surface area (Å²) in [6.07, 6.45) is 6.82. The van der Waals surface area contributed by atoms with Gasteiger partial charge in [-0.25, -0.2) is 0 Å². The lowest BCUT2D eigenvalue weighted by Gasteiger charge is -2.45. The highest BCUT2D eigenvalue weighted by atomic mass is 127. The van der Waals surface area contributed by atoms with Crippen LogP contribution in [0.5, 0.6) is 0 Å². The summed E-state index contributed by atoms with van der Waals surface area (Å²) in [5.41, 5.74) is 1.83. The molecule has 1 aliphatic carbocycles. The Morgan fingerprint density at radius 2 is 2.16 bits per heavy atom. The number of hydrogen-bond acceptors (Lipinski definition) is 3. The van der Waals surface area contributed by atoms with E-state index < -0.39 is 0 Å². The summed E-state index contributed by atoms with van der Waals surface area (Å²) in [6.45, 7) is 2.87. The molecule has 3 rings (SSSR count). The molecule has 0 aromatic heterocycles. The van der Waals surface area contributed by atoms with Gasteiger partial charge in [0.05, 0.1) is 11.6 Å². The first-order chi connectivity index (χ1) is 11.7. The van der Waals surface area contributed by atoms with Crippen LogP contribution >= 0.6 is 35.7 Å². The maximum Gasteiger partial charge on any atom is 0.193 e. The molecule has 4 nitrogen and oxygen atoms in total. The number of thioether (sulfide) groups is 1. The van der Waals surface area contributed by atoms with Crippen molar-refractivity contribution in [3.63, 3.8) is 0 Å². The second-order valence-electron chi connectivity index (χ2n) is 6.73. The highest BCUT2D eigenvalue weighted by Crippen LogP contribution is 2.42. The molecule has 1 aromatic carbocycles. The van der Waals surface area contributed by atoms with Crippen LogP contribution in [0, 0.1) is 11.3 Å². The average molecular weight is 470 g/mol. The second kappa shape index (κ2) is 9.67. The van der Waals surface area contributed by atoms with Gasteiger partial charge in [-0.15, -0.1) is 24.0 Å². The monoisotopic (exact) mass is 470 g/mol. The summed E-state index contributed by atoms with van der Waals surface area (Å²) in [5, 5.41) is 12.5. The third kappa shape index (κ3) is 5.27. The van der Waals surface area contributed by atoms with Crippen LogP contribution in [-0.4, -0.2) is 41.5 Å². The van der Waals surface area contributed by atoms with Gasteiger partial charge in [0.1, 0.15) is 0 Å². The van der Waals surface area contributed by atoms with E-state index in [4.69, 9.17) is 5.26 Å². The lowest BCUT2D eigenvalue weighted by atomic mass is 9.87. The number of nitrogens with zero attached hydrogens (tertiary/aromatic N) is 3. The number of nitrogens with one attached hydrogen (secondary N) is 1. The van der Waals surface area contributed by atoms with Crippen molar-refractivity contribution in [1.82, 2.24) is 10.2 Å². The van der Waals surface area contributed by atoms with Crippen molar-refractivity contribution in [2.45, 2.75) is 43.4 Å². The van der Waals surface area contributed by atoms with Gasteiger partial charge in [0.25, 0.3) is 0 Å². The van der Waals surface area contributed by atoms with Crippen molar-refractivity contribution in [2.24, 2.45) is 4.99 Å². The van der Waals surface area contributed by atoms with E-state index in [1.165, 1.54) is 37.9 Å². The molecule has 1 spiro atoms. The molecule has 1 aliphatic heterocycles. The first kappa shape index (κ1) is 20.4. The van der Waals surface area contributed by atoms with Crippen LogP contribution in [0.2, 0.25) is 0 Å². The highest BCUT2D eigenvalue weighted by Gasteiger charge is 2.38. The van der Waals surface area contributed by atoms with Gasteiger partial charge in [0.2, 0.25) is 0 Å². The molecule has 0 unspecified atom stereocenters. The van der Waals surface area contributed by atoms with Gasteiger partial charge in [-0.05, 0) is 30.5 Å². The summed E-state index contributed by atoms with van der Waals surface area (Å²) in [7, 11) is 1.86. The molecule has 0 atom stereocenters. The number of nitriles is 1. The fraction of sp³-hybridized carbons (Fsp3) is 0.579. The lowest BCUT2D eigenvalue weighted by Crippen LogP contribution is -2.53. The minimum atomic E-state index is 0. The minimum Gasteiger partial charge on any atom is -0.352 e. The van der Waals surface area contributed by atoms with Crippen LogP contribution in [0.4, 0.5) is 0 Å². The Morgan fingerprint density at radius 1 is 1.36 bits per heavy atom. The van der Waals surface area contributed by atoms with E-state index in [1.807, 2.05) is 25.2 Å². The van der Waals surface area contributed by atoms with Gasteiger partial charge in [-0.1, -0.05) is 31.4 Å². The van der Waals surface area contributed by atoms with Crippen LogP contribution in [0.15, 0.2) is 29.3 Å². The molecule has 0 radical (unpaired) electrons. The smallest absolute Gasteiger partial charge is 0.193 e. The zero-order valence-corrected chi connectivity index (χ0v) is 18.0. The molecule has 1 saturated heterocycles. The van der Waals surface area contributed by atoms with Gasteiger partial charge in [0, 0.05) is 37.2 Å². The fourth-order valence-corrected chi connectivity index (χ4v) is 5.36. The lowest BCUT2D eigenvalue weighted by molar-refractivity contribution is 0.293. The van der Waals surface area contributed by atoms with E-state index in [0.717, 1.165) is 24.6 Å². The quantitative estimate of drug-likeness (QED) is 0.403. The molecule has 1 saturated carbocycles. The van der Waals surface area contributed by atoms with Gasteiger partial charge in [-0.2, -0.15) is 17.0 Å². The number of guanidine groups is 1. The number of benzene rings is 1. The number of rotatable bonds is 2. The van der Waals surface area contributed by atoms with Crippen molar-refractivity contribution in [1.29, 1.82) is 5.26 Å². The van der Waals surface area contributed by atoms with E-state index in [2.05, 4.69) is 39.1 Å². The van der Waals surface area contributed by atoms with E-state index in [0.29, 0.717) is 16.9 Å². The van der Waals surface area contributed by atoms with E-state index in [1.54, 1.807) is 0 Å². The Kier molecular flexibility index (Phi) is 7.88. The average Bonchev–Trinajstić information content (AvgIpc) is 2.63. The minimum absolute atomic E-state index is 0. The molecule has 1 heterocycles. The standard InChI is InChI=1S/C19H26N4S.HI/c1-21-18(22-14-17-7-5-6-16(12-17)13-20)23-10-11-24-19(15-23)8-3-2-4-9-19;/h5-7,12H,2-4,8-11,14-15H2,1H3,(H,21,22);1H. The molecule has 6 heteroatoms. The summed E-state index contributed by atoms with van der Waals surface area (Å²) in [5.74, 6) is 2.17. The van der Waals surface area contributed by atoms with Gasteiger partial charge < -0.3 is 10.2 Å². The first-order valence-corrected chi connectivity index (χ1v) is 9.82. The van der Waals surface area contributed by atoms with Gasteiger partial charge in [-0.3, -0.25) is 4.99 Å². The Hall–Kier alpha value is -0.940. The summed E-state index contributed by atoms with van der Waals surface area (Å²) in [4.78, 5) is 6.93. The maximum absolute atomic E-state index is 9.03. The number of aliphatic imine (C=N–C) groups is 1.